The first-order valence-electron chi connectivity index (χ1n) is 26.2. The van der Waals surface area contributed by atoms with Crippen molar-refractivity contribution in [1.29, 1.82) is 10.5 Å². The summed E-state index contributed by atoms with van der Waals surface area (Å²) in [5, 5.41) is 25.5. The second-order valence-corrected chi connectivity index (χ2v) is 21.0. The van der Waals surface area contributed by atoms with E-state index in [-0.39, 0.29) is 64.6 Å². The molecule has 6 aromatic rings. The number of nitrogens with two attached hydrogens (primary N) is 1. The van der Waals surface area contributed by atoms with E-state index in [0.29, 0.717) is 79.7 Å². The monoisotopic (exact) mass is 1130 g/mol. The van der Waals surface area contributed by atoms with E-state index < -0.39 is 41.1 Å². The van der Waals surface area contributed by atoms with Crippen molar-refractivity contribution in [2.24, 2.45) is 0 Å². The molecule has 0 radical (unpaired) electrons. The van der Waals surface area contributed by atoms with Crippen LogP contribution in [0.2, 0.25) is 0 Å². The van der Waals surface area contributed by atoms with Crippen molar-refractivity contribution in [2.45, 2.75) is 88.8 Å². The number of hydrogen-bond acceptors (Lipinski definition) is 17. The summed E-state index contributed by atoms with van der Waals surface area (Å²) >= 11 is 0. The van der Waals surface area contributed by atoms with E-state index in [2.05, 4.69) is 47.6 Å². The topological polar surface area (TPSA) is 231 Å². The molecule has 428 valence electrons. The van der Waals surface area contributed by atoms with Crippen LogP contribution in [-0.4, -0.2) is 114 Å². The van der Waals surface area contributed by atoms with Gasteiger partial charge in [-0.1, -0.05) is 24.3 Å². The van der Waals surface area contributed by atoms with Crippen LogP contribution < -0.4 is 40.5 Å². The fourth-order valence-electron chi connectivity index (χ4n) is 10.2. The first-order valence-corrected chi connectivity index (χ1v) is 26.2. The van der Waals surface area contributed by atoms with E-state index >= 15 is 0 Å². The average molecular weight is 1140 g/mol. The minimum atomic E-state index is -4.56. The van der Waals surface area contributed by atoms with Crippen molar-refractivity contribution in [1.82, 2.24) is 19.9 Å². The van der Waals surface area contributed by atoms with Crippen molar-refractivity contribution in [2.75, 3.05) is 83.7 Å². The van der Waals surface area contributed by atoms with E-state index in [9.17, 15) is 41.7 Å². The summed E-state index contributed by atoms with van der Waals surface area (Å²) < 4.78 is 113. The molecule has 6 aliphatic heterocycles. The van der Waals surface area contributed by atoms with Crippen molar-refractivity contribution in [3.8, 4) is 46.4 Å². The Labute approximate surface area is 467 Å². The molecule has 2 amide bonds. The lowest BCUT2D eigenvalue weighted by Crippen LogP contribution is -2.48. The van der Waals surface area contributed by atoms with Gasteiger partial charge >= 0.3 is 18.4 Å². The van der Waals surface area contributed by atoms with Crippen LogP contribution in [0.15, 0.2) is 97.3 Å². The molecule has 0 saturated carbocycles. The summed E-state index contributed by atoms with van der Waals surface area (Å²) in [6.45, 7) is 11.9. The zero-order valence-corrected chi connectivity index (χ0v) is 44.8. The molecule has 4 saturated heterocycles. The predicted molar refractivity (Wildman–Crippen MR) is 289 cm³/mol. The Bertz CT molecular complexity index is 3450. The summed E-state index contributed by atoms with van der Waals surface area (Å²) in [5.41, 5.74) is 7.66. The first kappa shape index (κ1) is 56.8. The number of alkyl halides is 6. The Morgan fingerprint density at radius 1 is 0.732 bits per heavy atom. The number of carbonyl (C=O) groups excluding carboxylic acids is 1. The zero-order valence-electron chi connectivity index (χ0n) is 44.8. The molecule has 4 aromatic heterocycles. The first-order chi connectivity index (χ1) is 39.0. The lowest BCUT2D eigenvalue weighted by molar-refractivity contribution is -0.142. The molecule has 10 heterocycles. The van der Waals surface area contributed by atoms with Crippen LogP contribution in [0.4, 0.5) is 65.5 Å². The molecule has 0 unspecified atom stereocenters. The van der Waals surface area contributed by atoms with Crippen LogP contribution in [0.5, 0.6) is 11.8 Å². The number of hydrogen-bond donors (Lipinski definition) is 3. The molecule has 0 aliphatic carbocycles. The number of nitrogen functional groups attached to an aromatic ring is 1. The number of nitrogens with zero attached hydrogens (tertiary/aromatic N) is 9. The van der Waals surface area contributed by atoms with Gasteiger partial charge in [-0.05, 0) is 89.1 Å². The van der Waals surface area contributed by atoms with Crippen LogP contribution in [-0.2, 0) is 31.3 Å². The van der Waals surface area contributed by atoms with E-state index in [1.165, 1.54) is 29.3 Å². The van der Waals surface area contributed by atoms with Gasteiger partial charge in [-0.15, -0.1) is 0 Å². The number of ether oxygens (including phenoxy) is 6. The summed E-state index contributed by atoms with van der Waals surface area (Å²) in [4.78, 5) is 36.8. The molecule has 2 aromatic carbocycles. The molecule has 0 spiro atoms. The summed E-state index contributed by atoms with van der Waals surface area (Å²) in [6.07, 6.45) is -4.54. The molecule has 25 heteroatoms. The second-order valence-electron chi connectivity index (χ2n) is 21.0. The van der Waals surface area contributed by atoms with Crippen LogP contribution in [0.1, 0.15) is 62.8 Å². The number of pyridine rings is 4. The van der Waals surface area contributed by atoms with E-state index in [1.807, 2.05) is 32.6 Å². The van der Waals surface area contributed by atoms with Crippen molar-refractivity contribution in [3.63, 3.8) is 0 Å². The number of fused-ring (bicyclic) bond motifs is 8. The molecule has 82 heavy (non-hydrogen) atoms. The number of nitriles is 2. The highest BCUT2D eigenvalue weighted by Gasteiger charge is 2.42. The Morgan fingerprint density at radius 3 is 1.84 bits per heavy atom. The van der Waals surface area contributed by atoms with Gasteiger partial charge in [0.2, 0.25) is 11.8 Å². The summed E-state index contributed by atoms with van der Waals surface area (Å²) in [7, 11) is 0. The van der Waals surface area contributed by atoms with Gasteiger partial charge in [0.15, 0.2) is 23.2 Å². The van der Waals surface area contributed by atoms with Gasteiger partial charge in [0.05, 0.1) is 64.3 Å². The van der Waals surface area contributed by atoms with E-state index in [4.69, 9.17) is 34.2 Å². The molecular weight excluding hydrogens is 1080 g/mol. The minimum absolute atomic E-state index is 0.0572. The number of benzene rings is 2. The van der Waals surface area contributed by atoms with Gasteiger partial charge in [0.1, 0.15) is 37.6 Å². The molecular formula is C57H56F6N12O7. The highest BCUT2D eigenvalue weighted by atomic mass is 19.4. The maximum absolute atomic E-state index is 13.7. The Balaban J connectivity index is 0.000000157. The molecule has 6 aliphatic rings. The third-order valence-electron chi connectivity index (χ3n) is 14.1. The van der Waals surface area contributed by atoms with Gasteiger partial charge in [-0.2, -0.15) is 36.9 Å². The van der Waals surface area contributed by atoms with Crippen LogP contribution in [0, 0.1) is 22.7 Å². The molecule has 4 atom stereocenters. The van der Waals surface area contributed by atoms with Gasteiger partial charge in [-0.25, -0.2) is 24.7 Å². The quantitative estimate of drug-likeness (QED) is 0.114. The number of urea groups is 1. The SMILES string of the molecule is CC1(C)OC[C@@H](COc2cc(N)ccn2)O1.CC1(C)OC[C@@H](COc2cc(NC(=O)N3c4nc(-c5cccc(C(F)(F)F)c5)c(C#N)cc4N4CC[C@H]3C4)ccn2)O1.N#Cc1cc2c(nc1-c1cccc(C(F)(F)F)c1)N[C@H]1CCN2C1. The molecule has 19 nitrogen and oxygen atoms in total. The zero-order chi connectivity index (χ0) is 58.1. The largest absolute Gasteiger partial charge is 0.475 e. The lowest BCUT2D eigenvalue weighted by atomic mass is 10.0. The van der Waals surface area contributed by atoms with Crippen LogP contribution in [0.3, 0.4) is 0 Å². The fourth-order valence-corrected chi connectivity index (χ4v) is 10.2. The second kappa shape index (κ2) is 22.8. The molecule has 4 N–H and O–H groups in total. The Kier molecular flexibility index (Phi) is 15.8. The third kappa shape index (κ3) is 13.0. The van der Waals surface area contributed by atoms with Gasteiger partial charge in [0.25, 0.3) is 0 Å². The third-order valence-corrected chi connectivity index (χ3v) is 14.1. The fraction of sp³-hybridized carbons (Fsp3) is 0.386. The smallest absolute Gasteiger partial charge is 0.416 e. The summed E-state index contributed by atoms with van der Waals surface area (Å²) in [6, 6.07) is 23.2. The van der Waals surface area contributed by atoms with Crippen molar-refractivity contribution >= 4 is 40.4 Å². The van der Waals surface area contributed by atoms with Gasteiger partial charge in [0, 0.05) is 79.2 Å². The highest BCUT2D eigenvalue weighted by molar-refractivity contribution is 6.05. The highest BCUT2D eigenvalue weighted by Crippen LogP contribution is 2.44. The Hall–Kier alpha value is -8.49. The van der Waals surface area contributed by atoms with Crippen LogP contribution >= 0.6 is 0 Å². The van der Waals surface area contributed by atoms with Gasteiger partial charge in [-0.3, -0.25) is 4.90 Å². The number of anilines is 6. The molecule has 12 rings (SSSR count). The number of aromatic nitrogens is 4. The minimum Gasteiger partial charge on any atom is -0.475 e. The van der Waals surface area contributed by atoms with Gasteiger partial charge < -0.3 is 54.6 Å². The van der Waals surface area contributed by atoms with Crippen molar-refractivity contribution in [3.05, 3.63) is 120 Å². The van der Waals surface area contributed by atoms with Crippen LogP contribution in [0.25, 0.3) is 22.5 Å². The maximum Gasteiger partial charge on any atom is 0.416 e. The Morgan fingerprint density at radius 2 is 1.28 bits per heavy atom. The van der Waals surface area contributed by atoms with E-state index in [1.54, 1.807) is 48.7 Å². The van der Waals surface area contributed by atoms with E-state index in [0.717, 1.165) is 49.5 Å². The lowest BCUT2D eigenvalue weighted by Gasteiger charge is -2.36. The summed E-state index contributed by atoms with van der Waals surface area (Å²) in [5.74, 6) is 0.511. The number of halogens is 6. The number of rotatable bonds is 9. The normalized spacial score (nSPS) is 20.6. The standard InChI is InChI=1S/C29H27F3N6O4.C17H13F3N4.C11H16N2O3/c1-28(2)41-16-22(42-28)15-40-24-12-20(6-8-34-24)35-27(39)38-21-7-9-37(14-21)23-11-18(13-33)25(36-26(23)38)17-4-3-5-19(10-17)29(30,31)32;18-17(19,20)12-3-1-2-10(6-12)15-11(8-21)7-14-16(23-15)22-13-4-5-24(14)9-13;1-11(2)15-7-9(16-11)6-14-10-5-8(12)3-4-13-10/h3-6,8,10-12,21-22H,7,9,14-16H2,1-2H3,(H,34,35,39);1-3,6-7,13H,4-5,9H2,(H,22,23);3-5,9H,6-7H2,1-2H3,(H2,12,13)/t21-,22+;13-;9-/m001/s1. The number of nitrogens with one attached hydrogen (secondary N) is 2. The molecule has 4 fully saturated rings. The van der Waals surface area contributed by atoms with Crippen molar-refractivity contribution < 1.29 is 59.6 Å². The number of carbonyl (C=O) groups is 1. The predicted octanol–water partition coefficient (Wildman–Crippen LogP) is 10.0. The molecule has 4 bridgehead atoms. The number of amides is 2. The average Bonchev–Trinajstić information content (AvgIpc) is 3.11. The maximum atomic E-state index is 13.7.